The van der Waals surface area contributed by atoms with Crippen LogP contribution < -0.4 is 0 Å². The van der Waals surface area contributed by atoms with Gasteiger partial charge in [0.25, 0.3) is 0 Å². The summed E-state index contributed by atoms with van der Waals surface area (Å²) < 4.78 is 10.9. The molecule has 26 heavy (non-hydrogen) atoms. The van der Waals surface area contributed by atoms with E-state index in [1.807, 2.05) is 30.3 Å². The van der Waals surface area contributed by atoms with Crippen LogP contribution >= 0.6 is 0 Å². The Labute approximate surface area is 156 Å². The van der Waals surface area contributed by atoms with Crippen LogP contribution in [0.15, 0.2) is 35.9 Å². The van der Waals surface area contributed by atoms with Crippen LogP contribution in [0.4, 0.5) is 0 Å². The van der Waals surface area contributed by atoms with Crippen LogP contribution in [0.1, 0.15) is 52.5 Å². The van der Waals surface area contributed by atoms with Gasteiger partial charge in [-0.05, 0) is 49.2 Å². The Bertz CT molecular complexity index is 633. The Hall–Kier alpha value is -2.10. The molecule has 3 atom stereocenters. The normalized spacial score (nSPS) is 23.6. The van der Waals surface area contributed by atoms with Gasteiger partial charge in [-0.1, -0.05) is 57.5 Å². The molecule has 4 nitrogen and oxygen atoms in total. The first-order valence-electron chi connectivity index (χ1n) is 9.57. The molecule has 1 aliphatic rings. The van der Waals surface area contributed by atoms with Crippen molar-refractivity contribution < 1.29 is 19.1 Å². The second-order valence-corrected chi connectivity index (χ2v) is 7.46. The molecule has 0 aromatic heterocycles. The van der Waals surface area contributed by atoms with Crippen molar-refractivity contribution in [3.8, 4) is 0 Å². The average molecular weight is 358 g/mol. The second-order valence-electron chi connectivity index (χ2n) is 7.46. The molecule has 0 amide bonds. The van der Waals surface area contributed by atoms with E-state index in [1.165, 1.54) is 0 Å². The van der Waals surface area contributed by atoms with Gasteiger partial charge >= 0.3 is 11.9 Å². The van der Waals surface area contributed by atoms with E-state index in [0.717, 1.165) is 24.8 Å². The van der Waals surface area contributed by atoms with Crippen molar-refractivity contribution in [3.63, 3.8) is 0 Å². The molecule has 0 saturated heterocycles. The molecule has 1 fully saturated rings. The summed E-state index contributed by atoms with van der Waals surface area (Å²) in [6.07, 6.45) is 4.45. The summed E-state index contributed by atoms with van der Waals surface area (Å²) in [7, 11) is 0. The monoisotopic (exact) mass is 358 g/mol. The molecule has 0 bridgehead atoms. The molecule has 0 radical (unpaired) electrons. The molecule has 1 saturated carbocycles. The number of hydrogen-bond acceptors (Lipinski definition) is 4. The van der Waals surface area contributed by atoms with Gasteiger partial charge in [-0.15, -0.1) is 0 Å². The summed E-state index contributed by atoms with van der Waals surface area (Å²) in [5.41, 5.74) is 0.726. The molecule has 2 rings (SSSR count). The third-order valence-corrected chi connectivity index (χ3v) is 5.05. The fourth-order valence-corrected chi connectivity index (χ4v) is 3.58. The van der Waals surface area contributed by atoms with E-state index >= 15 is 0 Å². The third-order valence-electron chi connectivity index (χ3n) is 5.05. The van der Waals surface area contributed by atoms with Gasteiger partial charge in [0.2, 0.25) is 0 Å². The van der Waals surface area contributed by atoms with Crippen LogP contribution in [0, 0.1) is 17.8 Å². The highest BCUT2D eigenvalue weighted by molar-refractivity contribution is 6.17. The lowest BCUT2D eigenvalue weighted by Gasteiger charge is -2.36. The van der Waals surface area contributed by atoms with Gasteiger partial charge in [-0.3, -0.25) is 0 Å². The lowest BCUT2D eigenvalue weighted by atomic mass is 9.75. The Balaban J connectivity index is 2.22. The predicted octanol–water partition coefficient (Wildman–Crippen LogP) is 4.64. The van der Waals surface area contributed by atoms with Gasteiger partial charge in [0.05, 0.1) is 6.61 Å². The van der Waals surface area contributed by atoms with Crippen LogP contribution in [0.5, 0.6) is 0 Å². The summed E-state index contributed by atoms with van der Waals surface area (Å²) in [6.45, 7) is 8.44. The fourth-order valence-electron chi connectivity index (χ4n) is 3.58. The number of esters is 2. The van der Waals surface area contributed by atoms with E-state index in [0.29, 0.717) is 17.8 Å². The zero-order chi connectivity index (χ0) is 19.1. The standard InChI is InChI=1S/C22H30O4/c1-5-25-21(23)19(14-17-9-7-6-8-10-17)22(24)26-20-13-16(4)11-12-18(20)15(2)3/h6-10,14-16,18,20H,5,11-13H2,1-4H3/b19-14-. The van der Waals surface area contributed by atoms with Crippen LogP contribution in [-0.2, 0) is 19.1 Å². The largest absolute Gasteiger partial charge is 0.462 e. The molecule has 0 heterocycles. The van der Waals surface area contributed by atoms with Crippen LogP contribution in [0.3, 0.4) is 0 Å². The Morgan fingerprint density at radius 3 is 2.46 bits per heavy atom. The molecule has 0 spiro atoms. The van der Waals surface area contributed by atoms with E-state index in [2.05, 4.69) is 20.8 Å². The van der Waals surface area contributed by atoms with Crippen molar-refractivity contribution >= 4 is 18.0 Å². The van der Waals surface area contributed by atoms with Gasteiger partial charge in [0.1, 0.15) is 11.7 Å². The topological polar surface area (TPSA) is 52.6 Å². The zero-order valence-electron chi connectivity index (χ0n) is 16.2. The summed E-state index contributed by atoms with van der Waals surface area (Å²) in [5, 5.41) is 0. The van der Waals surface area contributed by atoms with Gasteiger partial charge in [-0.2, -0.15) is 0 Å². The molecule has 1 aromatic carbocycles. The van der Waals surface area contributed by atoms with Crippen molar-refractivity contribution in [1.82, 2.24) is 0 Å². The first kappa shape index (κ1) is 20.2. The number of carbonyl (C=O) groups excluding carboxylic acids is 2. The molecule has 1 aliphatic carbocycles. The van der Waals surface area contributed by atoms with Crippen LogP contribution in [0.25, 0.3) is 6.08 Å². The minimum absolute atomic E-state index is 0.0428. The highest BCUT2D eigenvalue weighted by atomic mass is 16.6. The average Bonchev–Trinajstić information content (AvgIpc) is 2.60. The second kappa shape index (κ2) is 9.56. The summed E-state index contributed by atoms with van der Waals surface area (Å²) in [6, 6.07) is 9.28. The highest BCUT2D eigenvalue weighted by Gasteiger charge is 2.35. The van der Waals surface area contributed by atoms with Gasteiger partial charge in [0, 0.05) is 0 Å². The van der Waals surface area contributed by atoms with E-state index in [-0.39, 0.29) is 18.3 Å². The minimum atomic E-state index is -0.633. The van der Waals surface area contributed by atoms with E-state index < -0.39 is 11.9 Å². The van der Waals surface area contributed by atoms with E-state index in [4.69, 9.17) is 9.47 Å². The number of benzene rings is 1. The Kier molecular flexibility index (Phi) is 7.43. The van der Waals surface area contributed by atoms with Crippen molar-refractivity contribution in [2.24, 2.45) is 17.8 Å². The summed E-state index contributed by atoms with van der Waals surface area (Å²) in [5.74, 6) is 0.0649. The fraction of sp³-hybridized carbons (Fsp3) is 0.545. The van der Waals surface area contributed by atoms with Crippen molar-refractivity contribution in [2.75, 3.05) is 6.61 Å². The van der Waals surface area contributed by atoms with E-state index in [9.17, 15) is 9.59 Å². The lowest BCUT2D eigenvalue weighted by Crippen LogP contribution is -2.36. The quantitative estimate of drug-likeness (QED) is 0.322. The number of ether oxygens (including phenoxy) is 2. The Morgan fingerprint density at radius 1 is 1.15 bits per heavy atom. The molecule has 4 heteroatoms. The Morgan fingerprint density at radius 2 is 1.85 bits per heavy atom. The minimum Gasteiger partial charge on any atom is -0.462 e. The number of rotatable bonds is 6. The van der Waals surface area contributed by atoms with Gasteiger partial charge < -0.3 is 9.47 Å². The molecule has 142 valence electrons. The van der Waals surface area contributed by atoms with E-state index in [1.54, 1.807) is 13.0 Å². The smallest absolute Gasteiger partial charge is 0.345 e. The van der Waals surface area contributed by atoms with Crippen LogP contribution in [-0.4, -0.2) is 24.6 Å². The zero-order valence-corrected chi connectivity index (χ0v) is 16.2. The first-order valence-corrected chi connectivity index (χ1v) is 9.57. The first-order chi connectivity index (χ1) is 12.4. The molecule has 3 unspecified atom stereocenters. The molecular formula is C22H30O4. The molecular weight excluding hydrogens is 328 g/mol. The molecule has 0 aliphatic heterocycles. The highest BCUT2D eigenvalue weighted by Crippen LogP contribution is 2.35. The lowest BCUT2D eigenvalue weighted by molar-refractivity contribution is -0.154. The van der Waals surface area contributed by atoms with Crippen molar-refractivity contribution in [1.29, 1.82) is 0 Å². The maximum Gasteiger partial charge on any atom is 0.345 e. The summed E-state index contributed by atoms with van der Waals surface area (Å²) >= 11 is 0. The maximum absolute atomic E-state index is 12.8. The predicted molar refractivity (Wildman–Crippen MR) is 102 cm³/mol. The SMILES string of the molecule is CCOC(=O)/C(=C/c1ccccc1)C(=O)OC1CC(C)CCC1C(C)C. The summed E-state index contributed by atoms with van der Waals surface area (Å²) in [4.78, 5) is 25.1. The molecule has 1 aromatic rings. The number of hydrogen-bond donors (Lipinski definition) is 0. The van der Waals surface area contributed by atoms with Crippen molar-refractivity contribution in [3.05, 3.63) is 41.5 Å². The van der Waals surface area contributed by atoms with Crippen LogP contribution in [0.2, 0.25) is 0 Å². The number of carbonyl (C=O) groups is 2. The third kappa shape index (κ3) is 5.45. The van der Waals surface area contributed by atoms with Crippen molar-refractivity contribution in [2.45, 2.75) is 53.1 Å². The van der Waals surface area contributed by atoms with Gasteiger partial charge in [-0.25, -0.2) is 9.59 Å². The van der Waals surface area contributed by atoms with Gasteiger partial charge in [0.15, 0.2) is 0 Å². The maximum atomic E-state index is 12.8. The molecule has 0 N–H and O–H groups in total.